The molecule has 0 saturated heterocycles. The number of esters is 1. The number of ether oxygens (including phenoxy) is 1. The van der Waals surface area contributed by atoms with Crippen LogP contribution in [0, 0.1) is 0 Å². The van der Waals surface area contributed by atoms with Crippen LogP contribution in [0.15, 0.2) is 59.1 Å². The summed E-state index contributed by atoms with van der Waals surface area (Å²) in [5.74, 6) is -0.298. The smallest absolute Gasteiger partial charge is 0.317 e. The molecule has 6 heteroatoms. The van der Waals surface area contributed by atoms with Crippen LogP contribution in [-0.4, -0.2) is 16.4 Å². The molecule has 2 nitrogen and oxygen atoms in total. The van der Waals surface area contributed by atoms with Crippen LogP contribution in [0.1, 0.15) is 23.5 Å². The van der Waals surface area contributed by atoms with Gasteiger partial charge in [0.2, 0.25) is 3.79 Å². The third-order valence-electron chi connectivity index (χ3n) is 4.25. The summed E-state index contributed by atoms with van der Waals surface area (Å²) < 4.78 is 4.66. The van der Waals surface area contributed by atoms with E-state index in [9.17, 15) is 4.79 Å². The van der Waals surface area contributed by atoms with Crippen LogP contribution in [0.2, 0.25) is 0 Å². The number of carbonyl (C=O) groups is 1. The molecule has 0 aromatic heterocycles. The summed E-state index contributed by atoms with van der Waals surface area (Å²) in [6.45, 7) is -0.268. The Labute approximate surface area is 164 Å². The highest BCUT2D eigenvalue weighted by Gasteiger charge is 2.63. The summed E-state index contributed by atoms with van der Waals surface area (Å²) in [7, 11) is 0. The van der Waals surface area contributed by atoms with Gasteiger partial charge in [-0.2, -0.15) is 0 Å². The summed E-state index contributed by atoms with van der Waals surface area (Å²) >= 11 is 20.6. The van der Waals surface area contributed by atoms with Crippen molar-refractivity contribution in [2.75, 3.05) is 6.61 Å². The molecule has 0 N–H and O–H groups in total. The number of carbonyl (C=O) groups excluding carboxylic acids is 1. The Hall–Kier alpha value is -0.740. The predicted molar refractivity (Wildman–Crippen MR) is 101 cm³/mol. The molecule has 2 aromatic carbocycles. The van der Waals surface area contributed by atoms with E-state index >= 15 is 0 Å². The lowest BCUT2D eigenvalue weighted by atomic mass is 9.91. The lowest BCUT2D eigenvalue weighted by molar-refractivity contribution is -0.146. The van der Waals surface area contributed by atoms with Crippen LogP contribution in [0.4, 0.5) is 0 Å². The Morgan fingerprint density at radius 1 is 1.12 bits per heavy atom. The molecule has 1 saturated carbocycles. The highest BCUT2D eigenvalue weighted by Crippen LogP contribution is 2.61. The first kappa shape index (κ1) is 18.1. The molecule has 2 aromatic rings. The number of hydrogen-bond acceptors (Lipinski definition) is 2. The molecular weight excluding hydrogens is 434 g/mol. The summed E-state index contributed by atoms with van der Waals surface area (Å²) in [6.07, 6.45) is 0.678. The zero-order chi connectivity index (χ0) is 17.4. The lowest BCUT2D eigenvalue weighted by Gasteiger charge is -2.19. The summed E-state index contributed by atoms with van der Waals surface area (Å²) in [6, 6.07) is 17.6. The van der Waals surface area contributed by atoms with Gasteiger partial charge >= 0.3 is 5.97 Å². The van der Waals surface area contributed by atoms with Gasteiger partial charge in [0.1, 0.15) is 12.0 Å². The van der Waals surface area contributed by atoms with Crippen molar-refractivity contribution in [2.24, 2.45) is 0 Å². The first-order chi connectivity index (χ1) is 11.3. The van der Waals surface area contributed by atoms with Gasteiger partial charge in [0.15, 0.2) is 0 Å². The van der Waals surface area contributed by atoms with Crippen molar-refractivity contribution in [1.82, 2.24) is 0 Å². The second kappa shape index (κ2) is 6.87. The maximum atomic E-state index is 12.8. The Kier molecular flexibility index (Phi) is 5.17. The average Bonchev–Trinajstić information content (AvgIpc) is 3.30. The minimum atomic E-state index is -1.62. The van der Waals surface area contributed by atoms with Crippen molar-refractivity contribution in [3.05, 3.63) is 70.2 Å². The highest BCUT2D eigenvalue weighted by atomic mass is 79.9. The van der Waals surface area contributed by atoms with E-state index in [2.05, 4.69) is 15.9 Å². The molecule has 0 aliphatic heterocycles. The number of halogens is 4. The Balaban J connectivity index is 1.91. The third kappa shape index (κ3) is 3.75. The second-order valence-electron chi connectivity index (χ2n) is 5.84. The zero-order valence-corrected chi connectivity index (χ0v) is 16.4. The quantitative estimate of drug-likeness (QED) is 0.437. The maximum absolute atomic E-state index is 12.8. The monoisotopic (exact) mass is 446 g/mol. The van der Waals surface area contributed by atoms with E-state index < -0.39 is 9.21 Å². The SMILES string of the molecule is O=C(OCC(Cl)(Cl)Cl)[C@]1(c2ccc(Br)cc2)C[C@H]1c1ccccc1. The second-order valence-corrected chi connectivity index (χ2v) is 9.27. The van der Waals surface area contributed by atoms with Gasteiger partial charge in [0, 0.05) is 10.4 Å². The van der Waals surface area contributed by atoms with Gasteiger partial charge in [0.25, 0.3) is 0 Å². The minimum absolute atomic E-state index is 0.0581. The van der Waals surface area contributed by atoms with E-state index in [1.807, 2.05) is 54.6 Å². The van der Waals surface area contributed by atoms with E-state index in [0.29, 0.717) is 6.42 Å². The molecule has 1 aliphatic rings. The molecule has 1 aliphatic carbocycles. The Bertz CT molecular complexity index is 728. The van der Waals surface area contributed by atoms with Gasteiger partial charge in [-0.1, -0.05) is 93.2 Å². The fraction of sp³-hybridized carbons (Fsp3) is 0.278. The van der Waals surface area contributed by atoms with E-state index in [0.717, 1.165) is 15.6 Å². The number of benzene rings is 2. The third-order valence-corrected chi connectivity index (χ3v) is 5.11. The van der Waals surface area contributed by atoms with Crippen molar-refractivity contribution in [3.8, 4) is 0 Å². The van der Waals surface area contributed by atoms with Gasteiger partial charge in [0.05, 0.1) is 0 Å². The van der Waals surface area contributed by atoms with Crippen LogP contribution < -0.4 is 0 Å². The highest BCUT2D eigenvalue weighted by molar-refractivity contribution is 9.10. The fourth-order valence-corrected chi connectivity index (χ4v) is 3.46. The first-order valence-corrected chi connectivity index (χ1v) is 9.30. The number of hydrogen-bond donors (Lipinski definition) is 0. The van der Waals surface area contributed by atoms with Gasteiger partial charge in [-0.25, -0.2) is 0 Å². The summed E-state index contributed by atoms with van der Waals surface area (Å²) in [5.41, 5.74) is 1.29. The Morgan fingerprint density at radius 2 is 1.75 bits per heavy atom. The molecule has 126 valence electrons. The van der Waals surface area contributed by atoms with Crippen molar-refractivity contribution < 1.29 is 9.53 Å². The molecular formula is C18H14BrCl3O2. The van der Waals surface area contributed by atoms with Gasteiger partial charge in [-0.15, -0.1) is 0 Å². The molecule has 0 bridgehead atoms. The molecule has 0 amide bonds. The van der Waals surface area contributed by atoms with Crippen LogP contribution >= 0.6 is 50.7 Å². The fourth-order valence-electron chi connectivity index (χ4n) is 3.04. The molecule has 3 rings (SSSR count). The molecule has 2 atom stereocenters. The number of rotatable bonds is 4. The van der Waals surface area contributed by atoms with E-state index in [1.54, 1.807) is 0 Å². The summed E-state index contributed by atoms with van der Waals surface area (Å²) in [5, 5.41) is 0. The van der Waals surface area contributed by atoms with Crippen molar-refractivity contribution in [3.63, 3.8) is 0 Å². The van der Waals surface area contributed by atoms with E-state index in [-0.39, 0.29) is 18.5 Å². The van der Waals surface area contributed by atoms with Gasteiger partial charge in [-0.05, 0) is 29.7 Å². The molecule has 0 heterocycles. The standard InChI is InChI=1S/C18H14BrCl3O2/c19-14-8-6-13(7-9-14)17(16(23)24-11-18(20,21)22)10-15(17)12-4-2-1-3-5-12/h1-9,15H,10-11H2/t15-,17-/m0/s1. The maximum Gasteiger partial charge on any atom is 0.317 e. The topological polar surface area (TPSA) is 26.3 Å². The largest absolute Gasteiger partial charge is 0.460 e. The number of alkyl halides is 3. The normalized spacial score (nSPS) is 22.9. The lowest BCUT2D eigenvalue weighted by Crippen LogP contribution is -2.28. The molecule has 24 heavy (non-hydrogen) atoms. The molecule has 0 radical (unpaired) electrons. The van der Waals surface area contributed by atoms with Crippen LogP contribution in [0.5, 0.6) is 0 Å². The Morgan fingerprint density at radius 3 is 2.33 bits per heavy atom. The average molecular weight is 449 g/mol. The van der Waals surface area contributed by atoms with Gasteiger partial charge in [-0.3, -0.25) is 4.79 Å². The van der Waals surface area contributed by atoms with Crippen molar-refractivity contribution in [1.29, 1.82) is 0 Å². The minimum Gasteiger partial charge on any atom is -0.460 e. The molecule has 0 spiro atoms. The molecule has 0 unspecified atom stereocenters. The first-order valence-electron chi connectivity index (χ1n) is 7.38. The summed E-state index contributed by atoms with van der Waals surface area (Å²) in [4.78, 5) is 12.8. The zero-order valence-electron chi connectivity index (χ0n) is 12.5. The van der Waals surface area contributed by atoms with E-state index in [4.69, 9.17) is 39.5 Å². The van der Waals surface area contributed by atoms with Crippen LogP contribution in [-0.2, 0) is 14.9 Å². The van der Waals surface area contributed by atoms with Gasteiger partial charge < -0.3 is 4.74 Å². The van der Waals surface area contributed by atoms with E-state index in [1.165, 1.54) is 0 Å². The molecule has 1 fully saturated rings. The predicted octanol–water partition coefficient (Wildman–Crippen LogP) is 5.79. The van der Waals surface area contributed by atoms with Crippen LogP contribution in [0.3, 0.4) is 0 Å². The van der Waals surface area contributed by atoms with Crippen LogP contribution in [0.25, 0.3) is 0 Å². The van der Waals surface area contributed by atoms with Crippen molar-refractivity contribution >= 4 is 56.7 Å². The van der Waals surface area contributed by atoms with Crippen molar-refractivity contribution in [2.45, 2.75) is 21.5 Å².